The van der Waals surface area contributed by atoms with E-state index in [-0.39, 0.29) is 24.9 Å². The Morgan fingerprint density at radius 3 is 2.84 bits per heavy atom. The van der Waals surface area contributed by atoms with Gasteiger partial charge < -0.3 is 10.0 Å². The summed E-state index contributed by atoms with van der Waals surface area (Å²) in [5.41, 5.74) is 1.54. The molecule has 0 aliphatic heterocycles. The van der Waals surface area contributed by atoms with E-state index < -0.39 is 0 Å². The van der Waals surface area contributed by atoms with E-state index in [4.69, 9.17) is 5.11 Å². The van der Waals surface area contributed by atoms with Gasteiger partial charge in [0.2, 0.25) is 0 Å². The zero-order valence-corrected chi connectivity index (χ0v) is 10.9. The van der Waals surface area contributed by atoms with Crippen LogP contribution in [0.2, 0.25) is 0 Å². The second kappa shape index (κ2) is 5.32. The number of aliphatic hydroxyl groups excluding tert-OH is 1. The van der Waals surface area contributed by atoms with Crippen LogP contribution in [0.15, 0.2) is 24.3 Å². The molecule has 0 bridgehead atoms. The topological polar surface area (TPSA) is 53.4 Å². The monoisotopic (exact) mass is 262 g/mol. The van der Waals surface area contributed by atoms with E-state index >= 15 is 0 Å². The van der Waals surface area contributed by atoms with Gasteiger partial charge >= 0.3 is 0 Å². The molecule has 100 valence electrons. The van der Waals surface area contributed by atoms with Crippen LogP contribution in [0.25, 0.3) is 10.9 Å². The van der Waals surface area contributed by atoms with Crippen molar-refractivity contribution in [3.8, 4) is 0 Å². The Bertz CT molecular complexity index is 628. The molecule has 0 saturated carbocycles. The molecule has 1 aromatic carbocycles. The van der Waals surface area contributed by atoms with Crippen molar-refractivity contribution in [1.29, 1.82) is 0 Å². The summed E-state index contributed by atoms with van der Waals surface area (Å²) in [6.45, 7) is 1.89. The minimum atomic E-state index is -0.351. The molecule has 2 rings (SSSR count). The number of benzene rings is 1. The normalized spacial score (nSPS) is 10.7. The summed E-state index contributed by atoms with van der Waals surface area (Å²) in [6.07, 6.45) is 0. The first-order valence-electron chi connectivity index (χ1n) is 5.96. The standard InChI is InChI=1S/C14H15FN2O2/c1-9-12(14(19)17(2)5-6-18)7-10-3-4-11(15)8-13(10)16-9/h3-4,7-8,18H,5-6H2,1-2H3. The van der Waals surface area contributed by atoms with Gasteiger partial charge in [-0.1, -0.05) is 0 Å². The molecular weight excluding hydrogens is 247 g/mol. The SMILES string of the molecule is Cc1nc2cc(F)ccc2cc1C(=O)N(C)CCO. The Morgan fingerprint density at radius 2 is 2.16 bits per heavy atom. The molecule has 0 radical (unpaired) electrons. The quantitative estimate of drug-likeness (QED) is 0.916. The number of likely N-dealkylation sites (N-methyl/N-ethyl adjacent to an activating group) is 1. The van der Waals surface area contributed by atoms with Crippen LogP contribution >= 0.6 is 0 Å². The van der Waals surface area contributed by atoms with E-state index in [9.17, 15) is 9.18 Å². The molecule has 0 aliphatic carbocycles. The molecule has 0 aliphatic rings. The summed E-state index contributed by atoms with van der Waals surface area (Å²) >= 11 is 0. The number of pyridine rings is 1. The van der Waals surface area contributed by atoms with Gasteiger partial charge in [-0.05, 0) is 25.1 Å². The fourth-order valence-corrected chi connectivity index (χ4v) is 1.91. The number of hydrogen-bond donors (Lipinski definition) is 1. The third kappa shape index (κ3) is 2.71. The average Bonchev–Trinajstić information content (AvgIpc) is 2.37. The number of aromatic nitrogens is 1. The number of amides is 1. The van der Waals surface area contributed by atoms with Gasteiger partial charge in [-0.2, -0.15) is 0 Å². The first kappa shape index (κ1) is 13.4. The predicted molar refractivity (Wildman–Crippen MR) is 70.5 cm³/mol. The lowest BCUT2D eigenvalue weighted by atomic mass is 10.1. The lowest BCUT2D eigenvalue weighted by Crippen LogP contribution is -2.30. The van der Waals surface area contributed by atoms with Crippen LogP contribution < -0.4 is 0 Å². The third-order valence-corrected chi connectivity index (χ3v) is 2.98. The number of carbonyl (C=O) groups excluding carboxylic acids is 1. The minimum Gasteiger partial charge on any atom is -0.395 e. The molecule has 0 spiro atoms. The number of nitrogens with zero attached hydrogens (tertiary/aromatic N) is 2. The van der Waals surface area contributed by atoms with E-state index in [0.717, 1.165) is 0 Å². The van der Waals surface area contributed by atoms with Gasteiger partial charge in [0.25, 0.3) is 5.91 Å². The van der Waals surface area contributed by atoms with Gasteiger partial charge in [0.1, 0.15) is 5.82 Å². The highest BCUT2D eigenvalue weighted by molar-refractivity contribution is 5.98. The molecule has 1 amide bonds. The zero-order valence-electron chi connectivity index (χ0n) is 10.9. The van der Waals surface area contributed by atoms with Crippen LogP contribution in [0.5, 0.6) is 0 Å². The Labute approximate surface area is 110 Å². The van der Waals surface area contributed by atoms with Crippen molar-refractivity contribution in [2.45, 2.75) is 6.92 Å². The lowest BCUT2D eigenvalue weighted by Gasteiger charge is -2.17. The predicted octanol–water partition coefficient (Wildman–Crippen LogP) is 1.75. The number of aliphatic hydroxyl groups is 1. The van der Waals surface area contributed by atoms with Crippen molar-refractivity contribution in [2.24, 2.45) is 0 Å². The van der Waals surface area contributed by atoms with E-state index in [1.54, 1.807) is 26.1 Å². The van der Waals surface area contributed by atoms with Crippen molar-refractivity contribution in [2.75, 3.05) is 20.2 Å². The summed E-state index contributed by atoms with van der Waals surface area (Å²) in [6, 6.07) is 5.98. The van der Waals surface area contributed by atoms with Gasteiger partial charge in [-0.25, -0.2) is 4.39 Å². The van der Waals surface area contributed by atoms with E-state index in [0.29, 0.717) is 22.2 Å². The number of rotatable bonds is 3. The van der Waals surface area contributed by atoms with Gasteiger partial charge in [-0.3, -0.25) is 9.78 Å². The molecule has 5 heteroatoms. The average molecular weight is 262 g/mol. The van der Waals surface area contributed by atoms with Crippen molar-refractivity contribution in [3.63, 3.8) is 0 Å². The van der Waals surface area contributed by atoms with E-state index in [2.05, 4.69) is 4.98 Å². The lowest BCUT2D eigenvalue weighted by molar-refractivity contribution is 0.0766. The summed E-state index contributed by atoms with van der Waals surface area (Å²) in [7, 11) is 1.62. The molecule has 0 saturated heterocycles. The van der Waals surface area contributed by atoms with E-state index in [1.807, 2.05) is 0 Å². The second-order valence-corrected chi connectivity index (χ2v) is 4.41. The molecule has 0 fully saturated rings. The van der Waals surface area contributed by atoms with Gasteiger partial charge in [-0.15, -0.1) is 0 Å². The van der Waals surface area contributed by atoms with Crippen molar-refractivity contribution in [1.82, 2.24) is 9.88 Å². The molecule has 0 atom stereocenters. The minimum absolute atomic E-state index is 0.0898. The Kier molecular flexibility index (Phi) is 3.76. The smallest absolute Gasteiger partial charge is 0.255 e. The zero-order chi connectivity index (χ0) is 14.0. The van der Waals surface area contributed by atoms with Crippen molar-refractivity contribution < 1.29 is 14.3 Å². The maximum atomic E-state index is 13.1. The maximum Gasteiger partial charge on any atom is 0.255 e. The molecule has 1 aromatic heterocycles. The van der Waals surface area contributed by atoms with Crippen molar-refractivity contribution in [3.05, 3.63) is 41.3 Å². The molecule has 0 unspecified atom stereocenters. The summed E-state index contributed by atoms with van der Waals surface area (Å²) in [5.74, 6) is -0.554. The molecule has 2 aromatic rings. The fourth-order valence-electron chi connectivity index (χ4n) is 1.91. The van der Waals surface area contributed by atoms with Crippen LogP contribution in [0.4, 0.5) is 4.39 Å². The molecule has 4 nitrogen and oxygen atoms in total. The van der Waals surface area contributed by atoms with Crippen LogP contribution in [0.1, 0.15) is 16.1 Å². The second-order valence-electron chi connectivity index (χ2n) is 4.41. The summed E-state index contributed by atoms with van der Waals surface area (Å²) < 4.78 is 13.1. The number of fused-ring (bicyclic) bond motifs is 1. The first-order chi connectivity index (χ1) is 9.02. The number of halogens is 1. The van der Waals surface area contributed by atoms with Crippen LogP contribution in [0.3, 0.4) is 0 Å². The van der Waals surface area contributed by atoms with Crippen LogP contribution in [-0.4, -0.2) is 41.1 Å². The number of carbonyl (C=O) groups is 1. The summed E-state index contributed by atoms with van der Waals surface area (Å²) in [5, 5.41) is 9.57. The molecule has 1 N–H and O–H groups in total. The Morgan fingerprint density at radius 1 is 1.42 bits per heavy atom. The largest absolute Gasteiger partial charge is 0.395 e. The van der Waals surface area contributed by atoms with Crippen LogP contribution in [-0.2, 0) is 0 Å². The molecule has 1 heterocycles. The highest BCUT2D eigenvalue weighted by Crippen LogP contribution is 2.18. The Hall–Kier alpha value is -2.01. The first-order valence-corrected chi connectivity index (χ1v) is 5.96. The fraction of sp³-hybridized carbons (Fsp3) is 0.286. The van der Waals surface area contributed by atoms with Crippen LogP contribution in [0, 0.1) is 12.7 Å². The van der Waals surface area contributed by atoms with Gasteiger partial charge in [0, 0.05) is 25.0 Å². The highest BCUT2D eigenvalue weighted by atomic mass is 19.1. The van der Waals surface area contributed by atoms with E-state index in [1.165, 1.54) is 17.0 Å². The molecular formula is C14H15FN2O2. The molecule has 19 heavy (non-hydrogen) atoms. The number of aryl methyl sites for hydroxylation is 1. The Balaban J connectivity index is 2.47. The van der Waals surface area contributed by atoms with Crippen molar-refractivity contribution >= 4 is 16.8 Å². The third-order valence-electron chi connectivity index (χ3n) is 2.98. The maximum absolute atomic E-state index is 13.1. The summed E-state index contributed by atoms with van der Waals surface area (Å²) in [4.78, 5) is 17.8. The highest BCUT2D eigenvalue weighted by Gasteiger charge is 2.15. The number of hydrogen-bond acceptors (Lipinski definition) is 3. The van der Waals surface area contributed by atoms with Gasteiger partial charge in [0.15, 0.2) is 0 Å². The van der Waals surface area contributed by atoms with Gasteiger partial charge in [0.05, 0.1) is 23.4 Å².